The molecular weight excluding hydrogens is 275 g/mol. The summed E-state index contributed by atoms with van der Waals surface area (Å²) in [5.74, 6) is -0.0825. The van der Waals surface area contributed by atoms with Gasteiger partial charge in [-0.1, -0.05) is 18.2 Å². The first-order valence-corrected chi connectivity index (χ1v) is 6.83. The van der Waals surface area contributed by atoms with Crippen molar-refractivity contribution in [2.45, 2.75) is 12.3 Å². The molecule has 0 heterocycles. The quantitative estimate of drug-likeness (QED) is 0.751. The van der Waals surface area contributed by atoms with E-state index in [1.165, 1.54) is 12.1 Å². The number of hydrogen-bond acceptors (Lipinski definition) is 2. The molecule has 0 atom stereocenters. The monoisotopic (exact) mass is 288 g/mol. The number of nitriles is 1. The SMILES string of the molecule is N#CCCN(c1ccccc1)c1ccc(F)cc1CCl. The van der Waals surface area contributed by atoms with Gasteiger partial charge in [0.1, 0.15) is 5.82 Å². The lowest BCUT2D eigenvalue weighted by molar-refractivity contribution is 0.626. The van der Waals surface area contributed by atoms with Crippen molar-refractivity contribution < 1.29 is 4.39 Å². The van der Waals surface area contributed by atoms with Gasteiger partial charge in [-0.3, -0.25) is 0 Å². The number of benzene rings is 2. The van der Waals surface area contributed by atoms with Gasteiger partial charge in [-0.25, -0.2) is 4.39 Å². The maximum absolute atomic E-state index is 13.3. The fourth-order valence-electron chi connectivity index (χ4n) is 2.08. The van der Waals surface area contributed by atoms with Gasteiger partial charge in [0.25, 0.3) is 0 Å². The van der Waals surface area contributed by atoms with Crippen LogP contribution in [0.2, 0.25) is 0 Å². The largest absolute Gasteiger partial charge is 0.340 e. The maximum Gasteiger partial charge on any atom is 0.123 e. The maximum atomic E-state index is 13.3. The molecule has 0 radical (unpaired) electrons. The molecule has 0 aromatic heterocycles. The van der Waals surface area contributed by atoms with Gasteiger partial charge in [0.15, 0.2) is 0 Å². The van der Waals surface area contributed by atoms with Crippen LogP contribution in [0.5, 0.6) is 0 Å². The second kappa shape index (κ2) is 6.93. The van der Waals surface area contributed by atoms with E-state index in [0.29, 0.717) is 18.5 Å². The zero-order chi connectivity index (χ0) is 14.4. The predicted octanol–water partition coefficient (Wildman–Crippen LogP) is 4.62. The minimum atomic E-state index is -0.308. The van der Waals surface area contributed by atoms with Crippen molar-refractivity contribution in [1.82, 2.24) is 0 Å². The predicted molar refractivity (Wildman–Crippen MR) is 79.6 cm³/mol. The third-order valence-corrected chi connectivity index (χ3v) is 3.28. The summed E-state index contributed by atoms with van der Waals surface area (Å²) in [6.07, 6.45) is 0.383. The van der Waals surface area contributed by atoms with E-state index < -0.39 is 0 Å². The lowest BCUT2D eigenvalue weighted by atomic mass is 10.1. The summed E-state index contributed by atoms with van der Waals surface area (Å²) >= 11 is 5.91. The van der Waals surface area contributed by atoms with Crippen LogP contribution < -0.4 is 4.90 Å². The fourth-order valence-corrected chi connectivity index (χ4v) is 2.30. The molecule has 0 unspecified atom stereocenters. The Balaban J connectivity index is 2.44. The van der Waals surface area contributed by atoms with Crippen LogP contribution in [0.1, 0.15) is 12.0 Å². The van der Waals surface area contributed by atoms with Gasteiger partial charge in [-0.15, -0.1) is 11.6 Å². The minimum absolute atomic E-state index is 0.225. The van der Waals surface area contributed by atoms with E-state index in [1.54, 1.807) is 6.07 Å². The average molecular weight is 289 g/mol. The summed E-state index contributed by atoms with van der Waals surface area (Å²) in [6, 6.07) is 16.4. The van der Waals surface area contributed by atoms with Gasteiger partial charge in [0, 0.05) is 23.8 Å². The Hall–Kier alpha value is -2.05. The third kappa shape index (κ3) is 3.28. The highest BCUT2D eigenvalue weighted by Gasteiger charge is 2.13. The van der Waals surface area contributed by atoms with E-state index in [1.807, 2.05) is 35.2 Å². The summed E-state index contributed by atoms with van der Waals surface area (Å²) < 4.78 is 13.3. The zero-order valence-electron chi connectivity index (χ0n) is 10.9. The van der Waals surface area contributed by atoms with Crippen LogP contribution in [0, 0.1) is 17.1 Å². The van der Waals surface area contributed by atoms with Crippen molar-refractivity contribution in [2.75, 3.05) is 11.4 Å². The number of hydrogen-bond donors (Lipinski definition) is 0. The minimum Gasteiger partial charge on any atom is -0.340 e. The molecule has 2 rings (SSSR count). The van der Waals surface area contributed by atoms with Crippen molar-refractivity contribution in [3.8, 4) is 6.07 Å². The summed E-state index contributed by atoms with van der Waals surface area (Å²) in [6.45, 7) is 0.538. The zero-order valence-corrected chi connectivity index (χ0v) is 11.6. The second-order valence-electron chi connectivity index (χ2n) is 4.30. The molecule has 0 aliphatic rings. The number of halogens is 2. The molecule has 0 saturated carbocycles. The first-order valence-electron chi connectivity index (χ1n) is 6.30. The molecule has 0 N–H and O–H groups in total. The third-order valence-electron chi connectivity index (χ3n) is 2.99. The standard InChI is InChI=1S/C16H14ClFN2/c17-12-13-11-14(18)7-8-16(13)20(10-4-9-19)15-5-2-1-3-6-15/h1-3,5-8,11H,4,10,12H2. The van der Waals surface area contributed by atoms with Crippen LogP contribution >= 0.6 is 11.6 Å². The summed E-state index contributed by atoms with van der Waals surface area (Å²) in [4.78, 5) is 1.99. The molecule has 0 amide bonds. The molecule has 2 nitrogen and oxygen atoms in total. The lowest BCUT2D eigenvalue weighted by Crippen LogP contribution is -2.19. The highest BCUT2D eigenvalue weighted by atomic mass is 35.5. The second-order valence-corrected chi connectivity index (χ2v) is 4.57. The average Bonchev–Trinajstić information content (AvgIpc) is 2.49. The molecule has 4 heteroatoms. The van der Waals surface area contributed by atoms with Gasteiger partial charge in [0.2, 0.25) is 0 Å². The van der Waals surface area contributed by atoms with E-state index >= 15 is 0 Å². The molecule has 0 bridgehead atoms. The van der Waals surface area contributed by atoms with Crippen LogP contribution in [0.4, 0.5) is 15.8 Å². The molecule has 102 valence electrons. The Morgan fingerprint density at radius 3 is 2.55 bits per heavy atom. The van der Waals surface area contributed by atoms with Gasteiger partial charge >= 0.3 is 0 Å². The van der Waals surface area contributed by atoms with Crippen LogP contribution in [0.15, 0.2) is 48.5 Å². The molecule has 0 spiro atoms. The smallest absolute Gasteiger partial charge is 0.123 e. The summed E-state index contributed by atoms with van der Waals surface area (Å²) in [5.41, 5.74) is 2.51. The number of rotatable bonds is 5. The van der Waals surface area contributed by atoms with Crippen molar-refractivity contribution in [1.29, 1.82) is 5.26 Å². The number of para-hydroxylation sites is 1. The van der Waals surface area contributed by atoms with E-state index in [4.69, 9.17) is 16.9 Å². The Bertz CT molecular complexity index is 608. The van der Waals surface area contributed by atoms with Crippen LogP contribution in [0.25, 0.3) is 0 Å². The molecule has 20 heavy (non-hydrogen) atoms. The molecule has 0 aliphatic heterocycles. The van der Waals surface area contributed by atoms with E-state index in [2.05, 4.69) is 6.07 Å². The molecular formula is C16H14ClFN2. The first-order chi connectivity index (χ1) is 9.76. The molecule has 2 aromatic carbocycles. The fraction of sp³-hybridized carbons (Fsp3) is 0.188. The van der Waals surface area contributed by atoms with Crippen LogP contribution in [-0.2, 0) is 5.88 Å². The lowest BCUT2D eigenvalue weighted by Gasteiger charge is -2.26. The van der Waals surface area contributed by atoms with Crippen molar-refractivity contribution in [3.63, 3.8) is 0 Å². The van der Waals surface area contributed by atoms with Crippen molar-refractivity contribution in [2.24, 2.45) is 0 Å². The summed E-state index contributed by atoms with van der Waals surface area (Å²) in [5, 5.41) is 8.82. The highest BCUT2D eigenvalue weighted by molar-refractivity contribution is 6.17. The van der Waals surface area contributed by atoms with Crippen molar-refractivity contribution in [3.05, 3.63) is 59.9 Å². The number of alkyl halides is 1. The molecule has 0 saturated heterocycles. The normalized spacial score (nSPS) is 10.1. The van der Waals surface area contributed by atoms with E-state index in [9.17, 15) is 4.39 Å². The highest BCUT2D eigenvalue weighted by Crippen LogP contribution is 2.30. The first kappa shape index (κ1) is 14.4. The topological polar surface area (TPSA) is 27.0 Å². The molecule has 0 aliphatic carbocycles. The van der Waals surface area contributed by atoms with E-state index in [-0.39, 0.29) is 11.7 Å². The van der Waals surface area contributed by atoms with Gasteiger partial charge in [-0.05, 0) is 35.9 Å². The van der Waals surface area contributed by atoms with E-state index in [0.717, 1.165) is 11.4 Å². The van der Waals surface area contributed by atoms with Gasteiger partial charge in [0.05, 0.1) is 12.5 Å². The Labute approximate surface area is 123 Å². The summed E-state index contributed by atoms with van der Waals surface area (Å²) in [7, 11) is 0. The van der Waals surface area contributed by atoms with Crippen LogP contribution in [0.3, 0.4) is 0 Å². The molecule has 0 fully saturated rings. The Kier molecular flexibility index (Phi) is 4.97. The van der Waals surface area contributed by atoms with Gasteiger partial charge in [-0.2, -0.15) is 5.26 Å². The number of anilines is 2. The Morgan fingerprint density at radius 1 is 1.15 bits per heavy atom. The Morgan fingerprint density at radius 2 is 1.90 bits per heavy atom. The number of nitrogens with zero attached hydrogens (tertiary/aromatic N) is 2. The van der Waals surface area contributed by atoms with Crippen molar-refractivity contribution >= 4 is 23.0 Å². The van der Waals surface area contributed by atoms with Crippen LogP contribution in [-0.4, -0.2) is 6.54 Å². The van der Waals surface area contributed by atoms with Gasteiger partial charge < -0.3 is 4.90 Å². The molecule has 2 aromatic rings.